The Morgan fingerprint density at radius 1 is 1.26 bits per heavy atom. The number of methoxy groups -OCH3 is 1. The lowest BCUT2D eigenvalue weighted by Crippen LogP contribution is -2.06. The second-order valence-corrected chi connectivity index (χ2v) is 4.68. The highest BCUT2D eigenvalue weighted by molar-refractivity contribution is 5.43. The van der Waals surface area contributed by atoms with Crippen molar-refractivity contribution in [3.8, 4) is 5.88 Å². The van der Waals surface area contributed by atoms with E-state index >= 15 is 0 Å². The normalized spacial score (nSPS) is 11.9. The number of hydrogen-bond acceptors (Lipinski definition) is 3. The summed E-state index contributed by atoms with van der Waals surface area (Å²) in [4.78, 5) is 8.28. The summed E-state index contributed by atoms with van der Waals surface area (Å²) in [7, 11) is 1.62. The van der Waals surface area contributed by atoms with Crippen molar-refractivity contribution in [1.29, 1.82) is 0 Å². The minimum absolute atomic E-state index is 0.0525. The largest absolute Gasteiger partial charge is 0.481 e. The summed E-state index contributed by atoms with van der Waals surface area (Å²) in [6.45, 7) is 8.18. The van der Waals surface area contributed by atoms with Crippen LogP contribution < -0.4 is 4.74 Å². The lowest BCUT2D eigenvalue weighted by Gasteiger charge is -2.19. The van der Waals surface area contributed by atoms with E-state index in [0.29, 0.717) is 5.88 Å². The minimum atomic E-state index is 0.0525. The molecule has 0 aliphatic heterocycles. The fourth-order valence-electron chi connectivity index (χ4n) is 2.19. The van der Waals surface area contributed by atoms with E-state index in [1.807, 2.05) is 6.92 Å². The van der Waals surface area contributed by atoms with Crippen molar-refractivity contribution in [3.05, 3.63) is 65.6 Å². The first kappa shape index (κ1) is 13.3. The smallest absolute Gasteiger partial charge is 0.220 e. The molecule has 3 heteroatoms. The first-order valence-electron chi connectivity index (χ1n) is 6.19. The SMILES string of the molecule is C=C(C)C(c1ccc(C)cc1)c1cncnc1OC. The van der Waals surface area contributed by atoms with Crippen LogP contribution in [0.2, 0.25) is 0 Å². The molecule has 1 unspecified atom stereocenters. The second-order valence-electron chi connectivity index (χ2n) is 4.68. The molecule has 0 N–H and O–H groups in total. The average molecular weight is 254 g/mol. The zero-order valence-corrected chi connectivity index (χ0v) is 11.6. The number of ether oxygens (including phenoxy) is 1. The van der Waals surface area contributed by atoms with Crippen LogP contribution in [0.3, 0.4) is 0 Å². The molecule has 1 aromatic heterocycles. The van der Waals surface area contributed by atoms with E-state index in [-0.39, 0.29) is 5.92 Å². The molecule has 1 atom stereocenters. The topological polar surface area (TPSA) is 35.0 Å². The van der Waals surface area contributed by atoms with E-state index in [1.165, 1.54) is 17.5 Å². The number of rotatable bonds is 4. The van der Waals surface area contributed by atoms with Crippen molar-refractivity contribution in [1.82, 2.24) is 9.97 Å². The number of benzene rings is 1. The zero-order chi connectivity index (χ0) is 13.8. The van der Waals surface area contributed by atoms with Crippen molar-refractivity contribution in [2.75, 3.05) is 7.11 Å². The summed E-state index contributed by atoms with van der Waals surface area (Å²) in [5, 5.41) is 0. The third-order valence-corrected chi connectivity index (χ3v) is 3.11. The molecular weight excluding hydrogens is 236 g/mol. The first-order valence-corrected chi connectivity index (χ1v) is 6.19. The minimum Gasteiger partial charge on any atom is -0.481 e. The van der Waals surface area contributed by atoms with Crippen LogP contribution in [-0.4, -0.2) is 17.1 Å². The van der Waals surface area contributed by atoms with Gasteiger partial charge in [-0.05, 0) is 19.4 Å². The van der Waals surface area contributed by atoms with Crippen LogP contribution in [0.15, 0.2) is 48.9 Å². The molecule has 1 heterocycles. The number of aryl methyl sites for hydroxylation is 1. The highest BCUT2D eigenvalue weighted by Crippen LogP contribution is 2.34. The Morgan fingerprint density at radius 2 is 1.95 bits per heavy atom. The predicted molar refractivity (Wildman–Crippen MR) is 76.4 cm³/mol. The molecule has 2 rings (SSSR count). The summed E-state index contributed by atoms with van der Waals surface area (Å²) >= 11 is 0. The molecule has 0 saturated carbocycles. The van der Waals surface area contributed by atoms with E-state index in [0.717, 1.165) is 11.1 Å². The molecule has 0 bridgehead atoms. The van der Waals surface area contributed by atoms with Gasteiger partial charge in [0.1, 0.15) is 6.33 Å². The Balaban J connectivity index is 2.51. The molecule has 98 valence electrons. The zero-order valence-electron chi connectivity index (χ0n) is 11.6. The van der Waals surface area contributed by atoms with Crippen LogP contribution in [0.5, 0.6) is 5.88 Å². The Bertz CT molecular complexity index is 576. The van der Waals surface area contributed by atoms with Gasteiger partial charge in [0.2, 0.25) is 5.88 Å². The quantitative estimate of drug-likeness (QED) is 0.783. The number of allylic oxidation sites excluding steroid dienone is 1. The third kappa shape index (κ3) is 2.81. The van der Waals surface area contributed by atoms with Gasteiger partial charge in [0, 0.05) is 17.7 Å². The molecule has 0 aliphatic rings. The monoisotopic (exact) mass is 254 g/mol. The highest BCUT2D eigenvalue weighted by Gasteiger charge is 2.20. The van der Waals surface area contributed by atoms with E-state index in [1.54, 1.807) is 13.3 Å². The molecular formula is C16H18N2O. The molecule has 0 aliphatic carbocycles. The molecule has 0 radical (unpaired) electrons. The highest BCUT2D eigenvalue weighted by atomic mass is 16.5. The summed E-state index contributed by atoms with van der Waals surface area (Å²) < 4.78 is 5.33. The fraction of sp³-hybridized carbons (Fsp3) is 0.250. The maximum absolute atomic E-state index is 5.33. The molecule has 3 nitrogen and oxygen atoms in total. The van der Waals surface area contributed by atoms with Gasteiger partial charge in [0.25, 0.3) is 0 Å². The maximum Gasteiger partial charge on any atom is 0.220 e. The van der Waals surface area contributed by atoms with Gasteiger partial charge in [-0.1, -0.05) is 42.0 Å². The van der Waals surface area contributed by atoms with Crippen LogP contribution in [0.25, 0.3) is 0 Å². The molecule has 0 saturated heterocycles. The van der Waals surface area contributed by atoms with E-state index in [4.69, 9.17) is 4.74 Å². The predicted octanol–water partition coefficient (Wildman–Crippen LogP) is 3.50. The van der Waals surface area contributed by atoms with Crippen molar-refractivity contribution in [2.45, 2.75) is 19.8 Å². The van der Waals surface area contributed by atoms with Gasteiger partial charge >= 0.3 is 0 Å². The van der Waals surface area contributed by atoms with Crippen LogP contribution in [0, 0.1) is 6.92 Å². The van der Waals surface area contributed by atoms with Gasteiger partial charge in [0.05, 0.1) is 7.11 Å². The Kier molecular flexibility index (Phi) is 3.95. The lowest BCUT2D eigenvalue weighted by molar-refractivity contribution is 0.390. The summed E-state index contributed by atoms with van der Waals surface area (Å²) in [5.74, 6) is 0.653. The number of aromatic nitrogens is 2. The summed E-state index contributed by atoms with van der Waals surface area (Å²) in [5.41, 5.74) is 4.39. The van der Waals surface area contributed by atoms with Gasteiger partial charge < -0.3 is 4.74 Å². The van der Waals surface area contributed by atoms with Crippen molar-refractivity contribution in [3.63, 3.8) is 0 Å². The molecule has 1 aromatic carbocycles. The number of hydrogen-bond donors (Lipinski definition) is 0. The van der Waals surface area contributed by atoms with Crippen molar-refractivity contribution >= 4 is 0 Å². The second kappa shape index (κ2) is 5.65. The van der Waals surface area contributed by atoms with Crippen LogP contribution in [-0.2, 0) is 0 Å². The van der Waals surface area contributed by atoms with Crippen LogP contribution in [0.1, 0.15) is 29.5 Å². The Hall–Kier alpha value is -2.16. The first-order chi connectivity index (χ1) is 9.13. The van der Waals surface area contributed by atoms with E-state index in [9.17, 15) is 0 Å². The van der Waals surface area contributed by atoms with Gasteiger partial charge in [-0.2, -0.15) is 0 Å². The lowest BCUT2D eigenvalue weighted by atomic mass is 9.87. The maximum atomic E-state index is 5.33. The molecule has 2 aromatic rings. The van der Waals surface area contributed by atoms with Gasteiger partial charge in [-0.3, -0.25) is 0 Å². The average Bonchev–Trinajstić information content (AvgIpc) is 2.41. The summed E-state index contributed by atoms with van der Waals surface area (Å²) in [6.07, 6.45) is 3.29. The Morgan fingerprint density at radius 3 is 2.53 bits per heavy atom. The molecule has 0 fully saturated rings. The van der Waals surface area contributed by atoms with E-state index < -0.39 is 0 Å². The molecule has 0 spiro atoms. The van der Waals surface area contributed by atoms with Crippen LogP contribution in [0.4, 0.5) is 0 Å². The van der Waals surface area contributed by atoms with Crippen LogP contribution >= 0.6 is 0 Å². The van der Waals surface area contributed by atoms with E-state index in [2.05, 4.69) is 47.7 Å². The Labute approximate surface area is 114 Å². The third-order valence-electron chi connectivity index (χ3n) is 3.11. The van der Waals surface area contributed by atoms with Gasteiger partial charge in [0.15, 0.2) is 0 Å². The summed E-state index contributed by atoms with van der Waals surface area (Å²) in [6, 6.07) is 8.42. The standard InChI is InChI=1S/C16H18N2O/c1-11(2)15(13-7-5-12(3)6-8-13)14-9-17-10-18-16(14)19-4/h5-10,15H,1H2,2-4H3. The molecule has 19 heavy (non-hydrogen) atoms. The van der Waals surface area contributed by atoms with Crippen molar-refractivity contribution in [2.24, 2.45) is 0 Å². The van der Waals surface area contributed by atoms with Gasteiger partial charge in [-0.15, -0.1) is 0 Å². The van der Waals surface area contributed by atoms with Gasteiger partial charge in [-0.25, -0.2) is 9.97 Å². The number of nitrogens with zero attached hydrogens (tertiary/aromatic N) is 2. The fourth-order valence-corrected chi connectivity index (χ4v) is 2.19. The van der Waals surface area contributed by atoms with Crippen molar-refractivity contribution < 1.29 is 4.74 Å². The molecule has 0 amide bonds.